The average molecular weight is 266 g/mol. The Morgan fingerprint density at radius 2 is 1.24 bits per heavy atom. The third-order valence-electron chi connectivity index (χ3n) is 1.58. The molecule has 0 aromatic carbocycles. The van der Waals surface area contributed by atoms with Crippen LogP contribution >= 0.6 is 9.03 Å². The third kappa shape index (κ3) is 9.03. The van der Waals surface area contributed by atoms with E-state index in [0.29, 0.717) is 0 Å². The first-order valence-electron chi connectivity index (χ1n) is 5.27. The molecule has 0 saturated carbocycles. The molecule has 0 aromatic heterocycles. The van der Waals surface area contributed by atoms with Crippen molar-refractivity contribution in [2.24, 2.45) is 11.8 Å². The maximum Gasteiger partial charge on any atom is 0.310 e. The number of rotatable bonds is 8. The van der Waals surface area contributed by atoms with Crippen LogP contribution < -0.4 is 0 Å². The zero-order valence-electron chi connectivity index (χ0n) is 10.5. The minimum absolute atomic E-state index is 0.159. The molecule has 0 aliphatic carbocycles. The summed E-state index contributed by atoms with van der Waals surface area (Å²) in [6.07, 6.45) is 0. The Hall–Kier alpha value is -0.710. The summed E-state index contributed by atoms with van der Waals surface area (Å²) in [4.78, 5) is 22.0. The Kier molecular flexibility index (Phi) is 8.94. The van der Waals surface area contributed by atoms with Gasteiger partial charge in [0.15, 0.2) is 22.6 Å². The minimum Gasteiger partial charge on any atom is -0.438 e. The highest BCUT2D eigenvalue weighted by molar-refractivity contribution is 7.26. The van der Waals surface area contributed by atoms with Gasteiger partial charge in [-0.1, -0.05) is 27.7 Å². The largest absolute Gasteiger partial charge is 0.438 e. The predicted molar refractivity (Wildman–Crippen MR) is 62.1 cm³/mol. The van der Waals surface area contributed by atoms with E-state index >= 15 is 0 Å². The van der Waals surface area contributed by atoms with E-state index in [1.165, 1.54) is 0 Å². The fourth-order valence-electron chi connectivity index (χ4n) is 0.598. The van der Waals surface area contributed by atoms with Crippen LogP contribution in [0, 0.1) is 11.8 Å². The Labute approximate surface area is 103 Å². The van der Waals surface area contributed by atoms with Gasteiger partial charge in [-0.2, -0.15) is 0 Å². The summed E-state index contributed by atoms with van der Waals surface area (Å²) in [5.41, 5.74) is 0. The molecule has 0 heterocycles. The molecule has 0 N–H and O–H groups in total. The van der Waals surface area contributed by atoms with Crippen LogP contribution in [-0.2, 0) is 28.1 Å². The molecule has 6 nitrogen and oxygen atoms in total. The summed E-state index contributed by atoms with van der Waals surface area (Å²) in [6.45, 7) is 6.60. The second-order valence-corrected chi connectivity index (χ2v) is 4.59. The summed E-state index contributed by atoms with van der Waals surface area (Å²) in [5.74, 6) is -1.04. The fraction of sp³-hybridized carbons (Fsp3) is 0.800. The van der Waals surface area contributed by atoms with Crippen LogP contribution in [0.2, 0.25) is 0 Å². The summed E-state index contributed by atoms with van der Waals surface area (Å²) in [7, 11) is -0.336. The molecule has 17 heavy (non-hydrogen) atoms. The first kappa shape index (κ1) is 16.3. The molecule has 0 bridgehead atoms. The van der Waals surface area contributed by atoms with Gasteiger partial charge < -0.3 is 9.47 Å². The first-order chi connectivity index (χ1) is 7.95. The number of esters is 2. The van der Waals surface area contributed by atoms with Crippen LogP contribution in [-0.4, -0.2) is 25.5 Å². The highest BCUT2D eigenvalue weighted by atomic mass is 31.1. The Balaban J connectivity index is 3.30. The van der Waals surface area contributed by atoms with E-state index in [4.69, 9.17) is 18.5 Å². The maximum absolute atomic E-state index is 11.0. The molecule has 0 aromatic rings. The average Bonchev–Trinajstić information content (AvgIpc) is 2.26. The van der Waals surface area contributed by atoms with Gasteiger partial charge in [0.05, 0.1) is 11.8 Å². The summed E-state index contributed by atoms with van der Waals surface area (Å²) < 4.78 is 19.2. The first-order valence-corrected chi connectivity index (χ1v) is 6.08. The van der Waals surface area contributed by atoms with Gasteiger partial charge in [0, 0.05) is 0 Å². The van der Waals surface area contributed by atoms with Crippen LogP contribution in [0.3, 0.4) is 0 Å². The van der Waals surface area contributed by atoms with Crippen LogP contribution in [0.25, 0.3) is 0 Å². The standard InChI is InChI=1S/C10H19O6P/c1-7(2)9(11)13-5-15-17-16-6-14-10(12)8(3)4/h7-8,17H,5-6H2,1-4H3. The number of carbonyl (C=O) groups excluding carboxylic acids is 2. The molecule has 100 valence electrons. The molecule has 7 heteroatoms. The smallest absolute Gasteiger partial charge is 0.310 e. The van der Waals surface area contributed by atoms with Crippen molar-refractivity contribution in [3.8, 4) is 0 Å². The normalized spacial score (nSPS) is 10.7. The van der Waals surface area contributed by atoms with Crippen molar-refractivity contribution in [1.82, 2.24) is 0 Å². The SMILES string of the molecule is CC(C)C(=O)OCOPOCOC(=O)C(C)C. The van der Waals surface area contributed by atoms with Crippen molar-refractivity contribution >= 4 is 21.0 Å². The van der Waals surface area contributed by atoms with Gasteiger partial charge in [-0.25, -0.2) is 0 Å². The van der Waals surface area contributed by atoms with Crippen molar-refractivity contribution in [3.05, 3.63) is 0 Å². The van der Waals surface area contributed by atoms with Gasteiger partial charge in [-0.05, 0) is 0 Å². The molecule has 0 saturated heterocycles. The molecule has 0 spiro atoms. The van der Waals surface area contributed by atoms with Crippen molar-refractivity contribution < 1.29 is 28.1 Å². The monoisotopic (exact) mass is 266 g/mol. The van der Waals surface area contributed by atoms with Crippen LogP contribution in [0.15, 0.2) is 0 Å². The van der Waals surface area contributed by atoms with Crippen LogP contribution in [0.4, 0.5) is 0 Å². The quantitative estimate of drug-likeness (QED) is 0.289. The zero-order chi connectivity index (χ0) is 13.3. The fourth-order valence-corrected chi connectivity index (χ4v) is 0.896. The van der Waals surface area contributed by atoms with Gasteiger partial charge in [0.2, 0.25) is 0 Å². The topological polar surface area (TPSA) is 71.1 Å². The van der Waals surface area contributed by atoms with Gasteiger partial charge >= 0.3 is 11.9 Å². The van der Waals surface area contributed by atoms with Crippen LogP contribution in [0.1, 0.15) is 27.7 Å². The van der Waals surface area contributed by atoms with Crippen molar-refractivity contribution in [2.75, 3.05) is 13.6 Å². The molecule has 0 rings (SSSR count). The Morgan fingerprint density at radius 1 is 0.882 bits per heavy atom. The number of ether oxygens (including phenoxy) is 2. The summed E-state index contributed by atoms with van der Waals surface area (Å²) in [5, 5.41) is 0. The number of hydrogen-bond acceptors (Lipinski definition) is 6. The van der Waals surface area contributed by atoms with Gasteiger partial charge in [-0.3, -0.25) is 18.6 Å². The van der Waals surface area contributed by atoms with Crippen molar-refractivity contribution in [1.29, 1.82) is 0 Å². The van der Waals surface area contributed by atoms with E-state index < -0.39 is 0 Å². The van der Waals surface area contributed by atoms with E-state index in [-0.39, 0.29) is 46.4 Å². The van der Waals surface area contributed by atoms with E-state index in [1.807, 2.05) is 0 Å². The third-order valence-corrected chi connectivity index (χ3v) is 2.05. The molecule has 0 amide bonds. The predicted octanol–water partition coefficient (Wildman–Crippen LogP) is 1.84. The van der Waals surface area contributed by atoms with Gasteiger partial charge in [-0.15, -0.1) is 0 Å². The van der Waals surface area contributed by atoms with E-state index in [1.54, 1.807) is 27.7 Å². The second-order valence-electron chi connectivity index (χ2n) is 3.84. The molecular weight excluding hydrogens is 247 g/mol. The molecule has 0 radical (unpaired) electrons. The lowest BCUT2D eigenvalue weighted by Crippen LogP contribution is -2.13. The number of carbonyl (C=O) groups is 2. The van der Waals surface area contributed by atoms with Gasteiger partial charge in [0.1, 0.15) is 0 Å². The van der Waals surface area contributed by atoms with Crippen molar-refractivity contribution in [2.45, 2.75) is 27.7 Å². The molecular formula is C10H19O6P. The van der Waals surface area contributed by atoms with E-state index in [9.17, 15) is 9.59 Å². The minimum atomic E-state index is -0.336. The van der Waals surface area contributed by atoms with Crippen LogP contribution in [0.5, 0.6) is 0 Å². The highest BCUT2D eigenvalue weighted by Crippen LogP contribution is 2.13. The van der Waals surface area contributed by atoms with E-state index in [2.05, 4.69) is 0 Å². The lowest BCUT2D eigenvalue weighted by Gasteiger charge is -2.09. The van der Waals surface area contributed by atoms with Gasteiger partial charge in [0.25, 0.3) is 0 Å². The molecule has 0 atom stereocenters. The summed E-state index contributed by atoms with van der Waals surface area (Å²) >= 11 is 0. The molecule has 0 aliphatic heterocycles. The highest BCUT2D eigenvalue weighted by Gasteiger charge is 2.08. The van der Waals surface area contributed by atoms with Crippen molar-refractivity contribution in [3.63, 3.8) is 0 Å². The lowest BCUT2D eigenvalue weighted by molar-refractivity contribution is -0.155. The molecule has 0 unspecified atom stereocenters. The molecule has 0 fully saturated rings. The number of hydrogen-bond donors (Lipinski definition) is 0. The second kappa shape index (κ2) is 9.33. The Morgan fingerprint density at radius 3 is 1.53 bits per heavy atom. The zero-order valence-corrected chi connectivity index (χ0v) is 11.5. The summed E-state index contributed by atoms with van der Waals surface area (Å²) in [6, 6.07) is 0. The van der Waals surface area contributed by atoms with E-state index in [0.717, 1.165) is 0 Å². The molecule has 0 aliphatic rings. The Bertz CT molecular complexity index is 217. The lowest BCUT2D eigenvalue weighted by atomic mass is 10.2. The maximum atomic E-state index is 11.0.